The number of likely N-dealkylation sites (tertiary alicyclic amines) is 1. The standard InChI is InChI=1S/C18H25FN2O2/c1-3-6-13(2)20-17(22)14-9-11-21(12-10-14)18(23)15-7-4-5-8-16(15)19/h4-5,7-8,13-14H,3,6,9-12H2,1-2H3,(H,20,22)/t13-/m0/s1. The maximum Gasteiger partial charge on any atom is 0.256 e. The predicted molar refractivity (Wildman–Crippen MR) is 87.5 cm³/mol. The molecule has 2 amide bonds. The Balaban J connectivity index is 1.87. The number of nitrogens with one attached hydrogen (secondary N) is 1. The minimum Gasteiger partial charge on any atom is -0.353 e. The number of halogens is 1. The zero-order valence-corrected chi connectivity index (χ0v) is 13.8. The number of rotatable bonds is 5. The molecule has 1 aromatic carbocycles. The second-order valence-corrected chi connectivity index (χ2v) is 6.24. The first-order valence-corrected chi connectivity index (χ1v) is 8.37. The Bertz CT molecular complexity index is 554. The largest absolute Gasteiger partial charge is 0.353 e. The van der Waals surface area contributed by atoms with E-state index in [2.05, 4.69) is 12.2 Å². The average molecular weight is 320 g/mol. The molecule has 0 radical (unpaired) electrons. The summed E-state index contributed by atoms with van der Waals surface area (Å²) < 4.78 is 13.7. The molecule has 5 heteroatoms. The van der Waals surface area contributed by atoms with Gasteiger partial charge < -0.3 is 10.2 Å². The molecule has 1 aliphatic rings. The molecule has 2 rings (SSSR count). The van der Waals surface area contributed by atoms with Gasteiger partial charge in [-0.1, -0.05) is 25.5 Å². The molecular weight excluding hydrogens is 295 g/mol. The fourth-order valence-corrected chi connectivity index (χ4v) is 3.02. The highest BCUT2D eigenvalue weighted by Crippen LogP contribution is 2.20. The van der Waals surface area contributed by atoms with Crippen molar-refractivity contribution in [2.45, 2.75) is 45.6 Å². The van der Waals surface area contributed by atoms with Crippen molar-refractivity contribution in [1.82, 2.24) is 10.2 Å². The normalized spacial score (nSPS) is 16.9. The van der Waals surface area contributed by atoms with Crippen LogP contribution in [0.3, 0.4) is 0 Å². The van der Waals surface area contributed by atoms with Gasteiger partial charge in [-0.25, -0.2) is 4.39 Å². The third kappa shape index (κ3) is 4.53. The van der Waals surface area contributed by atoms with Crippen molar-refractivity contribution in [1.29, 1.82) is 0 Å². The smallest absolute Gasteiger partial charge is 0.256 e. The fraction of sp³-hybridized carbons (Fsp3) is 0.556. The predicted octanol–water partition coefficient (Wildman–Crippen LogP) is 2.98. The molecule has 1 aliphatic heterocycles. The number of carbonyl (C=O) groups is 2. The summed E-state index contributed by atoms with van der Waals surface area (Å²) in [7, 11) is 0. The number of hydrogen-bond donors (Lipinski definition) is 1. The van der Waals surface area contributed by atoms with Gasteiger partial charge in [0.05, 0.1) is 5.56 Å². The van der Waals surface area contributed by atoms with Crippen molar-refractivity contribution in [2.24, 2.45) is 5.92 Å². The number of hydrogen-bond acceptors (Lipinski definition) is 2. The number of piperidine rings is 1. The molecule has 1 aromatic rings. The molecule has 0 bridgehead atoms. The van der Waals surface area contributed by atoms with E-state index < -0.39 is 5.82 Å². The van der Waals surface area contributed by atoms with Gasteiger partial charge in [0.1, 0.15) is 5.82 Å². The average Bonchev–Trinajstić information content (AvgIpc) is 2.55. The van der Waals surface area contributed by atoms with Crippen LogP contribution in [0.25, 0.3) is 0 Å². The van der Waals surface area contributed by atoms with Gasteiger partial charge in [-0.3, -0.25) is 9.59 Å². The molecule has 1 saturated heterocycles. The first-order valence-electron chi connectivity index (χ1n) is 8.37. The maximum atomic E-state index is 13.7. The third-order valence-corrected chi connectivity index (χ3v) is 4.37. The van der Waals surface area contributed by atoms with Crippen LogP contribution in [0.5, 0.6) is 0 Å². The summed E-state index contributed by atoms with van der Waals surface area (Å²) in [6, 6.07) is 6.21. The first-order chi connectivity index (χ1) is 11.0. The van der Waals surface area contributed by atoms with E-state index in [-0.39, 0.29) is 29.3 Å². The van der Waals surface area contributed by atoms with Gasteiger partial charge in [-0.15, -0.1) is 0 Å². The van der Waals surface area contributed by atoms with Crippen molar-refractivity contribution in [3.63, 3.8) is 0 Å². The monoisotopic (exact) mass is 320 g/mol. The molecule has 1 atom stereocenters. The summed E-state index contributed by atoms with van der Waals surface area (Å²) in [5.74, 6) is -0.769. The molecular formula is C18H25FN2O2. The van der Waals surface area contributed by atoms with Crippen LogP contribution in [-0.4, -0.2) is 35.8 Å². The van der Waals surface area contributed by atoms with Gasteiger partial charge >= 0.3 is 0 Å². The second-order valence-electron chi connectivity index (χ2n) is 6.24. The third-order valence-electron chi connectivity index (χ3n) is 4.37. The Labute approximate surface area is 137 Å². The van der Waals surface area contributed by atoms with Crippen molar-refractivity contribution in [3.8, 4) is 0 Å². The molecule has 0 aromatic heterocycles. The lowest BCUT2D eigenvalue weighted by atomic mass is 9.95. The van der Waals surface area contributed by atoms with Crippen molar-refractivity contribution >= 4 is 11.8 Å². The highest BCUT2D eigenvalue weighted by atomic mass is 19.1. The molecule has 0 saturated carbocycles. The Morgan fingerprint density at radius 2 is 1.96 bits per heavy atom. The van der Waals surface area contributed by atoms with Gasteiger partial charge in [0.2, 0.25) is 5.91 Å². The lowest BCUT2D eigenvalue weighted by Crippen LogP contribution is -2.45. The summed E-state index contributed by atoms with van der Waals surface area (Å²) in [4.78, 5) is 26.2. The van der Waals surface area contributed by atoms with E-state index in [0.29, 0.717) is 25.9 Å². The number of nitrogens with zero attached hydrogens (tertiary/aromatic N) is 1. The summed E-state index contributed by atoms with van der Waals surface area (Å²) in [6.45, 7) is 5.09. The van der Waals surface area contributed by atoms with Crippen LogP contribution in [0.1, 0.15) is 49.9 Å². The molecule has 1 N–H and O–H groups in total. The van der Waals surface area contributed by atoms with Crippen LogP contribution in [0.2, 0.25) is 0 Å². The molecule has 126 valence electrons. The second kappa shape index (κ2) is 8.09. The minimum absolute atomic E-state index is 0.0565. The quantitative estimate of drug-likeness (QED) is 0.907. The zero-order valence-electron chi connectivity index (χ0n) is 13.8. The number of amides is 2. The summed E-state index contributed by atoms with van der Waals surface area (Å²) in [5.41, 5.74) is 0.104. The Morgan fingerprint density at radius 3 is 2.57 bits per heavy atom. The molecule has 0 aliphatic carbocycles. The summed E-state index contributed by atoms with van der Waals surface area (Å²) in [5, 5.41) is 3.03. The van der Waals surface area contributed by atoms with Crippen LogP contribution in [-0.2, 0) is 4.79 Å². The highest BCUT2D eigenvalue weighted by Gasteiger charge is 2.29. The Morgan fingerprint density at radius 1 is 1.30 bits per heavy atom. The maximum absolute atomic E-state index is 13.7. The van der Waals surface area contributed by atoms with Crippen molar-refractivity contribution < 1.29 is 14.0 Å². The van der Waals surface area contributed by atoms with E-state index in [0.717, 1.165) is 12.8 Å². The molecule has 23 heavy (non-hydrogen) atoms. The van der Waals surface area contributed by atoms with Gasteiger partial charge in [-0.2, -0.15) is 0 Å². The van der Waals surface area contributed by atoms with Crippen LogP contribution in [0, 0.1) is 11.7 Å². The number of benzene rings is 1. The lowest BCUT2D eigenvalue weighted by Gasteiger charge is -2.32. The highest BCUT2D eigenvalue weighted by molar-refractivity contribution is 5.94. The lowest BCUT2D eigenvalue weighted by molar-refractivity contribution is -0.126. The zero-order chi connectivity index (χ0) is 16.8. The van der Waals surface area contributed by atoms with Crippen molar-refractivity contribution in [2.75, 3.05) is 13.1 Å². The summed E-state index contributed by atoms with van der Waals surface area (Å²) >= 11 is 0. The van der Waals surface area contributed by atoms with Gasteiger partial charge in [-0.05, 0) is 38.3 Å². The SMILES string of the molecule is CCC[C@H](C)NC(=O)C1CCN(C(=O)c2ccccc2F)CC1. The van der Waals surface area contributed by atoms with E-state index in [9.17, 15) is 14.0 Å². The van der Waals surface area contributed by atoms with E-state index in [1.807, 2.05) is 6.92 Å². The Hall–Kier alpha value is -1.91. The molecule has 1 fully saturated rings. The van der Waals surface area contributed by atoms with Crippen molar-refractivity contribution in [3.05, 3.63) is 35.6 Å². The molecule has 0 spiro atoms. The first kappa shape index (κ1) is 17.4. The van der Waals surface area contributed by atoms with Gasteiger partial charge in [0.25, 0.3) is 5.91 Å². The fourth-order valence-electron chi connectivity index (χ4n) is 3.02. The van der Waals surface area contributed by atoms with Gasteiger partial charge in [0, 0.05) is 25.0 Å². The molecule has 0 unspecified atom stereocenters. The molecule has 4 nitrogen and oxygen atoms in total. The van der Waals surface area contributed by atoms with Crippen LogP contribution in [0.4, 0.5) is 4.39 Å². The van der Waals surface area contributed by atoms with E-state index in [1.165, 1.54) is 12.1 Å². The van der Waals surface area contributed by atoms with Gasteiger partial charge in [0.15, 0.2) is 0 Å². The Kier molecular flexibility index (Phi) is 6.13. The number of carbonyl (C=O) groups excluding carboxylic acids is 2. The van der Waals surface area contributed by atoms with E-state index >= 15 is 0 Å². The van der Waals surface area contributed by atoms with Crippen LogP contribution >= 0.6 is 0 Å². The summed E-state index contributed by atoms with van der Waals surface area (Å²) in [6.07, 6.45) is 3.27. The van der Waals surface area contributed by atoms with Crippen LogP contribution < -0.4 is 5.32 Å². The van der Waals surface area contributed by atoms with E-state index in [4.69, 9.17) is 0 Å². The van der Waals surface area contributed by atoms with Crippen LogP contribution in [0.15, 0.2) is 24.3 Å². The molecule has 1 heterocycles. The minimum atomic E-state index is -0.495. The van der Waals surface area contributed by atoms with E-state index in [1.54, 1.807) is 17.0 Å². The topological polar surface area (TPSA) is 49.4 Å².